The minimum absolute atomic E-state index is 0.128. The van der Waals surface area contributed by atoms with Gasteiger partial charge in [-0.25, -0.2) is 0 Å². The number of hydrogen-bond donors (Lipinski definition) is 1. The average Bonchev–Trinajstić information content (AvgIpc) is 3.04. The Bertz CT molecular complexity index is 1290. The molecule has 206 valence electrons. The van der Waals surface area contributed by atoms with Crippen LogP contribution in [0.4, 0.5) is 0 Å². The lowest BCUT2D eigenvalue weighted by Gasteiger charge is -2.60. The van der Waals surface area contributed by atoms with Gasteiger partial charge in [0.05, 0.1) is 32.8 Å². The van der Waals surface area contributed by atoms with Crippen molar-refractivity contribution in [2.24, 2.45) is 5.41 Å². The topological polar surface area (TPSA) is 38.7 Å². The average molecular weight is 535 g/mol. The molecule has 4 aromatic rings. The Morgan fingerprint density at radius 1 is 0.625 bits per heavy atom. The van der Waals surface area contributed by atoms with Crippen LogP contribution in [-0.4, -0.2) is 42.4 Å². The van der Waals surface area contributed by atoms with Gasteiger partial charge in [-0.3, -0.25) is 0 Å². The molecule has 0 saturated carbocycles. The molecule has 3 heterocycles. The van der Waals surface area contributed by atoms with Gasteiger partial charge in [-0.15, -0.1) is 0 Å². The van der Waals surface area contributed by atoms with E-state index in [1.807, 2.05) is 54.6 Å². The lowest BCUT2D eigenvalue weighted by atomic mass is 9.56. The van der Waals surface area contributed by atoms with Crippen LogP contribution in [0.25, 0.3) is 0 Å². The summed E-state index contributed by atoms with van der Waals surface area (Å²) >= 11 is 0. The SMILES string of the molecule is OC(c1ccccc1)(c1ccccc1)C12CC[N+](CCCOc3ccc(OCc4ccccc4)cc3)(CC1)CC2. The monoisotopic (exact) mass is 534 g/mol. The fourth-order valence-electron chi connectivity index (χ4n) is 7.04. The molecule has 0 aromatic heterocycles. The van der Waals surface area contributed by atoms with Crippen LogP contribution in [0.2, 0.25) is 0 Å². The predicted octanol–water partition coefficient (Wildman–Crippen LogP) is 6.97. The third-order valence-electron chi connectivity index (χ3n) is 9.46. The van der Waals surface area contributed by atoms with Crippen molar-refractivity contribution in [3.8, 4) is 11.5 Å². The molecule has 1 N–H and O–H groups in total. The number of fused-ring (bicyclic) bond motifs is 3. The van der Waals surface area contributed by atoms with Crippen LogP contribution in [0.3, 0.4) is 0 Å². The summed E-state index contributed by atoms with van der Waals surface area (Å²) in [5.41, 5.74) is 2.11. The molecule has 3 aliphatic heterocycles. The number of benzene rings is 4. The lowest BCUT2D eigenvalue weighted by molar-refractivity contribution is -0.946. The highest BCUT2D eigenvalue weighted by Gasteiger charge is 2.60. The highest BCUT2D eigenvalue weighted by molar-refractivity contribution is 5.39. The van der Waals surface area contributed by atoms with Gasteiger partial charge in [0, 0.05) is 31.1 Å². The molecule has 0 spiro atoms. The smallest absolute Gasteiger partial charge is 0.121 e. The molecule has 4 heteroatoms. The van der Waals surface area contributed by atoms with Gasteiger partial charge in [0.25, 0.3) is 0 Å². The summed E-state index contributed by atoms with van der Waals surface area (Å²) in [4.78, 5) is 0. The van der Waals surface area contributed by atoms with Crippen LogP contribution in [0.15, 0.2) is 115 Å². The molecular weight excluding hydrogens is 494 g/mol. The van der Waals surface area contributed by atoms with Crippen molar-refractivity contribution in [2.45, 2.75) is 37.9 Å². The number of hydrogen-bond acceptors (Lipinski definition) is 3. The van der Waals surface area contributed by atoms with E-state index < -0.39 is 5.60 Å². The third-order valence-corrected chi connectivity index (χ3v) is 9.46. The molecule has 4 aromatic carbocycles. The Morgan fingerprint density at radius 3 is 1.62 bits per heavy atom. The summed E-state index contributed by atoms with van der Waals surface area (Å²) in [5, 5.41) is 12.6. The number of aliphatic hydroxyl groups is 1. The lowest BCUT2D eigenvalue weighted by Crippen LogP contribution is -2.66. The van der Waals surface area contributed by atoms with Crippen LogP contribution < -0.4 is 9.47 Å². The van der Waals surface area contributed by atoms with E-state index in [9.17, 15) is 5.11 Å². The first kappa shape index (κ1) is 26.6. The molecule has 0 atom stereocenters. The van der Waals surface area contributed by atoms with Crippen LogP contribution >= 0.6 is 0 Å². The van der Waals surface area contributed by atoms with Gasteiger partial charge in [-0.05, 0) is 41.0 Å². The van der Waals surface area contributed by atoms with Gasteiger partial charge in [-0.1, -0.05) is 91.0 Å². The van der Waals surface area contributed by atoms with Crippen molar-refractivity contribution >= 4 is 0 Å². The fraction of sp³-hybridized carbons (Fsp3) is 0.333. The first-order chi connectivity index (χ1) is 19.6. The van der Waals surface area contributed by atoms with Gasteiger partial charge in [0.15, 0.2) is 0 Å². The van der Waals surface area contributed by atoms with E-state index in [-0.39, 0.29) is 5.41 Å². The van der Waals surface area contributed by atoms with Crippen LogP contribution in [0.5, 0.6) is 11.5 Å². The van der Waals surface area contributed by atoms with Gasteiger partial charge in [0.1, 0.15) is 23.7 Å². The highest BCUT2D eigenvalue weighted by Crippen LogP contribution is 2.57. The van der Waals surface area contributed by atoms with E-state index >= 15 is 0 Å². The highest BCUT2D eigenvalue weighted by atomic mass is 16.5. The molecule has 0 aliphatic carbocycles. The largest absolute Gasteiger partial charge is 0.493 e. The van der Waals surface area contributed by atoms with E-state index in [1.54, 1.807) is 0 Å². The van der Waals surface area contributed by atoms with Gasteiger partial charge in [0.2, 0.25) is 0 Å². The molecule has 2 bridgehead atoms. The Labute approximate surface area is 238 Å². The number of piperidine rings is 3. The number of ether oxygens (including phenoxy) is 2. The van der Waals surface area contributed by atoms with Crippen molar-refractivity contribution in [1.82, 2.24) is 0 Å². The zero-order valence-corrected chi connectivity index (χ0v) is 23.3. The van der Waals surface area contributed by atoms with Gasteiger partial charge < -0.3 is 19.1 Å². The van der Waals surface area contributed by atoms with Crippen molar-refractivity contribution in [3.05, 3.63) is 132 Å². The molecular formula is C36H40NO3+. The first-order valence-electron chi connectivity index (χ1n) is 14.7. The minimum Gasteiger partial charge on any atom is -0.493 e. The first-order valence-corrected chi connectivity index (χ1v) is 14.7. The maximum absolute atomic E-state index is 12.6. The Balaban J connectivity index is 1.03. The second-order valence-electron chi connectivity index (χ2n) is 11.7. The summed E-state index contributed by atoms with van der Waals surface area (Å²) in [7, 11) is 0. The maximum Gasteiger partial charge on any atom is 0.121 e. The maximum atomic E-state index is 12.6. The number of nitrogens with zero attached hydrogens (tertiary/aromatic N) is 1. The summed E-state index contributed by atoms with van der Waals surface area (Å²) in [5.74, 6) is 1.74. The molecule has 0 unspecified atom stereocenters. The van der Waals surface area contributed by atoms with Crippen LogP contribution in [-0.2, 0) is 12.2 Å². The normalized spacial score (nSPS) is 22.1. The number of rotatable bonds is 11. The van der Waals surface area contributed by atoms with Gasteiger partial charge >= 0.3 is 0 Å². The summed E-state index contributed by atoms with van der Waals surface area (Å²) < 4.78 is 13.1. The molecule has 0 amide bonds. The number of quaternary nitrogens is 1. The van der Waals surface area contributed by atoms with Crippen molar-refractivity contribution in [2.75, 3.05) is 32.8 Å². The summed E-state index contributed by atoms with van der Waals surface area (Å²) in [6.45, 7) is 5.77. The quantitative estimate of drug-likeness (QED) is 0.167. The summed E-state index contributed by atoms with van der Waals surface area (Å²) in [6, 6.07) is 38.9. The van der Waals surface area contributed by atoms with E-state index in [0.29, 0.717) is 13.2 Å². The molecule has 3 aliphatic rings. The molecule has 3 saturated heterocycles. The van der Waals surface area contributed by atoms with E-state index in [1.165, 1.54) is 0 Å². The molecule has 40 heavy (non-hydrogen) atoms. The fourth-order valence-corrected chi connectivity index (χ4v) is 7.04. The Hall–Kier alpha value is -3.60. The van der Waals surface area contributed by atoms with Crippen molar-refractivity contribution in [3.63, 3.8) is 0 Å². The second kappa shape index (κ2) is 11.5. The zero-order chi connectivity index (χ0) is 27.3. The third kappa shape index (κ3) is 5.26. The van der Waals surface area contributed by atoms with Crippen molar-refractivity contribution < 1.29 is 19.1 Å². The summed E-state index contributed by atoms with van der Waals surface area (Å²) in [6.07, 6.45) is 4.15. The zero-order valence-electron chi connectivity index (χ0n) is 23.3. The second-order valence-corrected chi connectivity index (χ2v) is 11.7. The molecule has 0 radical (unpaired) electrons. The molecule has 3 fully saturated rings. The van der Waals surface area contributed by atoms with Crippen LogP contribution in [0.1, 0.15) is 42.4 Å². The van der Waals surface area contributed by atoms with Crippen molar-refractivity contribution in [1.29, 1.82) is 0 Å². The predicted molar refractivity (Wildman–Crippen MR) is 159 cm³/mol. The van der Waals surface area contributed by atoms with E-state index in [0.717, 1.165) is 84.5 Å². The van der Waals surface area contributed by atoms with Crippen LogP contribution in [0, 0.1) is 5.41 Å². The standard InChI is InChI=1S/C36H40NO3/c38-36(31-13-6-2-7-14-31,32-15-8-3-9-16-32)35-21-25-37(26-22-35,27-23-35)24-10-28-39-33-17-19-34(20-18-33)40-29-30-11-4-1-5-12-30/h1-9,11-20,38H,10,21-29H2/q+1. The Kier molecular flexibility index (Phi) is 7.64. The molecule has 4 nitrogen and oxygen atoms in total. The molecule has 7 rings (SSSR count). The minimum atomic E-state index is -0.966. The van der Waals surface area contributed by atoms with E-state index in [4.69, 9.17) is 9.47 Å². The van der Waals surface area contributed by atoms with E-state index in [2.05, 4.69) is 60.7 Å². The Morgan fingerprint density at radius 2 is 1.10 bits per heavy atom. The van der Waals surface area contributed by atoms with Gasteiger partial charge in [-0.2, -0.15) is 0 Å².